The Morgan fingerprint density at radius 1 is 1.50 bits per heavy atom. The molecule has 0 aromatic heterocycles. The molecule has 1 aliphatic rings. The Morgan fingerprint density at radius 2 is 2.21 bits per heavy atom. The van der Waals surface area contributed by atoms with Crippen LogP contribution in [0.25, 0.3) is 0 Å². The first-order chi connectivity index (χ1) is 6.68. The first kappa shape index (κ1) is 10.2. The Morgan fingerprint density at radius 3 is 2.86 bits per heavy atom. The van der Waals surface area contributed by atoms with E-state index in [0.29, 0.717) is 5.92 Å². The Kier molecular flexibility index (Phi) is 2.67. The molecule has 1 aromatic rings. The van der Waals surface area contributed by atoms with Crippen molar-refractivity contribution in [2.24, 2.45) is 11.7 Å². The third-order valence-corrected chi connectivity index (χ3v) is 3.86. The fourth-order valence-electron chi connectivity index (χ4n) is 2.23. The van der Waals surface area contributed by atoms with Crippen LogP contribution in [0.5, 0.6) is 0 Å². The zero-order valence-electron chi connectivity index (χ0n) is 8.46. The predicted octanol–water partition coefficient (Wildman–Crippen LogP) is 3.42. The molecule has 0 spiro atoms. The molecule has 1 saturated carbocycles. The van der Waals surface area contributed by atoms with E-state index in [4.69, 9.17) is 5.73 Å². The summed E-state index contributed by atoms with van der Waals surface area (Å²) in [7, 11) is 0. The monoisotopic (exact) mass is 253 g/mol. The molecule has 1 fully saturated rings. The van der Waals surface area contributed by atoms with Crippen molar-refractivity contribution in [1.29, 1.82) is 0 Å². The first-order valence-corrected chi connectivity index (χ1v) is 6.01. The van der Waals surface area contributed by atoms with Gasteiger partial charge in [0.2, 0.25) is 0 Å². The van der Waals surface area contributed by atoms with Gasteiger partial charge >= 0.3 is 0 Å². The normalized spacial score (nSPS) is 30.4. The number of nitrogens with two attached hydrogens (primary N) is 1. The molecule has 76 valence electrons. The van der Waals surface area contributed by atoms with Crippen molar-refractivity contribution < 1.29 is 0 Å². The highest BCUT2D eigenvalue weighted by molar-refractivity contribution is 9.10. The van der Waals surface area contributed by atoms with Gasteiger partial charge in [-0.05, 0) is 30.4 Å². The maximum Gasteiger partial charge on any atom is 0.0453 e. The van der Waals surface area contributed by atoms with Crippen LogP contribution in [0.3, 0.4) is 0 Å². The quantitative estimate of drug-likeness (QED) is 0.878. The fourth-order valence-corrected chi connectivity index (χ4v) is 2.88. The van der Waals surface area contributed by atoms with Crippen molar-refractivity contribution in [3.05, 3.63) is 34.3 Å². The van der Waals surface area contributed by atoms with Gasteiger partial charge in [0.15, 0.2) is 0 Å². The number of hydrogen-bond acceptors (Lipinski definition) is 1. The van der Waals surface area contributed by atoms with Crippen LogP contribution < -0.4 is 5.73 Å². The molecule has 0 saturated heterocycles. The van der Waals surface area contributed by atoms with Gasteiger partial charge in [-0.1, -0.05) is 47.5 Å². The van der Waals surface area contributed by atoms with Gasteiger partial charge in [-0.3, -0.25) is 0 Å². The second-order valence-electron chi connectivity index (χ2n) is 4.21. The number of halogens is 1. The second kappa shape index (κ2) is 3.67. The molecule has 2 rings (SSSR count). The smallest absolute Gasteiger partial charge is 0.0453 e. The number of rotatable bonds is 3. The zero-order chi connectivity index (χ0) is 10.2. The highest BCUT2D eigenvalue weighted by atomic mass is 79.9. The molecule has 1 aromatic carbocycles. The van der Waals surface area contributed by atoms with Crippen LogP contribution in [0, 0.1) is 5.92 Å². The predicted molar refractivity (Wildman–Crippen MR) is 63.0 cm³/mol. The van der Waals surface area contributed by atoms with E-state index in [2.05, 4.69) is 41.1 Å². The minimum atomic E-state index is -0.0455. The highest BCUT2D eigenvalue weighted by Gasteiger charge is 2.51. The van der Waals surface area contributed by atoms with Crippen molar-refractivity contribution in [1.82, 2.24) is 0 Å². The van der Waals surface area contributed by atoms with Gasteiger partial charge in [0.25, 0.3) is 0 Å². The van der Waals surface area contributed by atoms with Crippen LogP contribution in [0.2, 0.25) is 0 Å². The summed E-state index contributed by atoms with van der Waals surface area (Å²) in [5.74, 6) is 0.686. The van der Waals surface area contributed by atoms with E-state index in [-0.39, 0.29) is 5.54 Å². The molecular weight excluding hydrogens is 238 g/mol. The third-order valence-electron chi connectivity index (χ3n) is 3.16. The van der Waals surface area contributed by atoms with E-state index in [1.807, 2.05) is 6.07 Å². The summed E-state index contributed by atoms with van der Waals surface area (Å²) in [6.07, 6.45) is 3.62. The van der Waals surface area contributed by atoms with Crippen LogP contribution >= 0.6 is 15.9 Å². The molecule has 2 atom stereocenters. The molecule has 1 nitrogen and oxygen atoms in total. The lowest BCUT2D eigenvalue weighted by Crippen LogP contribution is -2.22. The molecule has 0 aliphatic heterocycles. The van der Waals surface area contributed by atoms with Gasteiger partial charge in [-0.2, -0.15) is 0 Å². The van der Waals surface area contributed by atoms with Gasteiger partial charge in [-0.25, -0.2) is 0 Å². The molecule has 2 unspecified atom stereocenters. The Bertz CT molecular complexity index is 337. The van der Waals surface area contributed by atoms with Crippen molar-refractivity contribution >= 4 is 15.9 Å². The lowest BCUT2D eigenvalue weighted by Gasteiger charge is -2.13. The van der Waals surface area contributed by atoms with E-state index in [1.54, 1.807) is 0 Å². The summed E-state index contributed by atoms with van der Waals surface area (Å²) in [6.45, 7) is 2.22. The van der Waals surface area contributed by atoms with Gasteiger partial charge in [0.05, 0.1) is 0 Å². The van der Waals surface area contributed by atoms with E-state index in [9.17, 15) is 0 Å². The lowest BCUT2D eigenvalue weighted by atomic mass is 10.0. The van der Waals surface area contributed by atoms with Crippen molar-refractivity contribution in [2.45, 2.75) is 31.7 Å². The maximum atomic E-state index is 6.37. The second-order valence-corrected chi connectivity index (χ2v) is 5.06. The van der Waals surface area contributed by atoms with Crippen LogP contribution in [0.4, 0.5) is 0 Å². The fraction of sp³-hybridized carbons (Fsp3) is 0.500. The first-order valence-electron chi connectivity index (χ1n) is 5.22. The summed E-state index contributed by atoms with van der Waals surface area (Å²) < 4.78 is 1.15. The minimum absolute atomic E-state index is 0.0455. The average Bonchev–Trinajstić information content (AvgIpc) is 2.79. The number of hydrogen-bond donors (Lipinski definition) is 1. The van der Waals surface area contributed by atoms with Gasteiger partial charge in [0.1, 0.15) is 0 Å². The molecular formula is C12H16BrN. The summed E-state index contributed by atoms with van der Waals surface area (Å²) in [5.41, 5.74) is 7.60. The molecule has 14 heavy (non-hydrogen) atoms. The minimum Gasteiger partial charge on any atom is -0.321 e. The van der Waals surface area contributed by atoms with E-state index < -0.39 is 0 Å². The maximum absolute atomic E-state index is 6.37. The molecule has 0 radical (unpaired) electrons. The largest absolute Gasteiger partial charge is 0.321 e. The number of benzene rings is 1. The molecule has 1 aliphatic carbocycles. The standard InChI is InChI=1S/C12H16BrN/c1-2-5-9-8-12(9,14)10-6-3-4-7-11(10)13/h3-4,6-7,9H,2,5,8,14H2,1H3. The third kappa shape index (κ3) is 1.61. The Hall–Kier alpha value is -0.340. The average molecular weight is 254 g/mol. The van der Waals surface area contributed by atoms with Crippen molar-refractivity contribution in [3.8, 4) is 0 Å². The van der Waals surface area contributed by atoms with E-state index >= 15 is 0 Å². The molecule has 2 heteroatoms. The summed E-state index contributed by atoms with van der Waals surface area (Å²) >= 11 is 3.57. The zero-order valence-corrected chi connectivity index (χ0v) is 10.0. The van der Waals surface area contributed by atoms with Crippen molar-refractivity contribution in [2.75, 3.05) is 0 Å². The summed E-state index contributed by atoms with van der Waals surface area (Å²) in [5, 5.41) is 0. The van der Waals surface area contributed by atoms with Crippen LogP contribution in [0.1, 0.15) is 31.7 Å². The van der Waals surface area contributed by atoms with Gasteiger partial charge < -0.3 is 5.73 Å². The lowest BCUT2D eigenvalue weighted by molar-refractivity contribution is 0.582. The molecule has 0 bridgehead atoms. The van der Waals surface area contributed by atoms with Crippen LogP contribution in [-0.4, -0.2) is 0 Å². The topological polar surface area (TPSA) is 26.0 Å². The molecule has 0 amide bonds. The van der Waals surface area contributed by atoms with E-state index in [1.165, 1.54) is 18.4 Å². The highest BCUT2D eigenvalue weighted by Crippen LogP contribution is 2.53. The molecule has 0 heterocycles. The summed E-state index contributed by atoms with van der Waals surface area (Å²) in [6, 6.07) is 8.31. The van der Waals surface area contributed by atoms with Gasteiger partial charge in [-0.15, -0.1) is 0 Å². The Balaban J connectivity index is 2.21. The van der Waals surface area contributed by atoms with Crippen LogP contribution in [0.15, 0.2) is 28.7 Å². The Labute approximate surface area is 93.8 Å². The SMILES string of the molecule is CCCC1CC1(N)c1ccccc1Br. The molecule has 2 N–H and O–H groups in total. The van der Waals surface area contributed by atoms with Gasteiger partial charge in [0, 0.05) is 10.0 Å². The van der Waals surface area contributed by atoms with Crippen LogP contribution in [-0.2, 0) is 5.54 Å². The summed E-state index contributed by atoms with van der Waals surface area (Å²) in [4.78, 5) is 0. The van der Waals surface area contributed by atoms with E-state index in [0.717, 1.165) is 10.9 Å². The van der Waals surface area contributed by atoms with Crippen molar-refractivity contribution in [3.63, 3.8) is 0 Å².